The molecule has 0 atom stereocenters. The first-order valence-corrected chi connectivity index (χ1v) is 10.4. The van der Waals surface area contributed by atoms with E-state index in [0.717, 1.165) is 29.9 Å². The summed E-state index contributed by atoms with van der Waals surface area (Å²) in [6.45, 7) is 0. The van der Waals surface area contributed by atoms with Gasteiger partial charge < -0.3 is 0 Å². The van der Waals surface area contributed by atoms with Crippen molar-refractivity contribution >= 4 is 0 Å². The van der Waals surface area contributed by atoms with Crippen molar-refractivity contribution in [3.05, 3.63) is 72.3 Å². The van der Waals surface area contributed by atoms with Gasteiger partial charge in [-0.05, 0) is 79.2 Å². The molecule has 0 radical (unpaired) electrons. The first kappa shape index (κ1) is 19.8. The van der Waals surface area contributed by atoms with E-state index in [1.54, 1.807) is 6.08 Å². The van der Waals surface area contributed by atoms with E-state index < -0.39 is 0 Å². The lowest BCUT2D eigenvalue weighted by molar-refractivity contribution is 0.302. The summed E-state index contributed by atoms with van der Waals surface area (Å²) in [5, 5.41) is 0. The van der Waals surface area contributed by atoms with Gasteiger partial charge in [0.2, 0.25) is 0 Å². The van der Waals surface area contributed by atoms with Gasteiger partial charge in [-0.1, -0.05) is 61.7 Å². The molecule has 3 rings (SSSR count). The van der Waals surface area contributed by atoms with Crippen LogP contribution in [-0.4, -0.2) is 0 Å². The highest BCUT2D eigenvalue weighted by atomic mass is 19.1. The van der Waals surface area contributed by atoms with E-state index in [-0.39, 0.29) is 5.82 Å². The molecule has 0 N–H and O–H groups in total. The highest BCUT2D eigenvalue weighted by Gasteiger charge is 2.22. The summed E-state index contributed by atoms with van der Waals surface area (Å²) in [4.78, 5) is 0. The third-order valence-corrected chi connectivity index (χ3v) is 5.98. The summed E-state index contributed by atoms with van der Waals surface area (Å²) < 4.78 is 25.0. The van der Waals surface area contributed by atoms with Crippen LogP contribution in [0.4, 0.5) is 8.78 Å². The largest absolute Gasteiger partial charge is 0.216 e. The number of hydrogen-bond acceptors (Lipinski definition) is 0. The van der Waals surface area contributed by atoms with Crippen molar-refractivity contribution in [2.75, 3.05) is 0 Å². The summed E-state index contributed by atoms with van der Waals surface area (Å²) in [6.07, 6.45) is 13.3. The van der Waals surface area contributed by atoms with Crippen LogP contribution in [-0.2, 0) is 0 Å². The topological polar surface area (TPSA) is 0 Å². The predicted octanol–water partition coefficient (Wildman–Crippen LogP) is 8.20. The number of benzene rings is 2. The fourth-order valence-corrected chi connectivity index (χ4v) is 4.31. The molecule has 2 heteroatoms. The van der Waals surface area contributed by atoms with Gasteiger partial charge in [0, 0.05) is 0 Å². The van der Waals surface area contributed by atoms with Gasteiger partial charge in [0.1, 0.15) is 5.82 Å². The molecule has 0 heterocycles. The number of unbranched alkanes of at least 4 members (excludes halogenated alkanes) is 3. The Kier molecular flexibility index (Phi) is 7.62. The molecule has 0 bridgehead atoms. The molecule has 1 saturated carbocycles. The van der Waals surface area contributed by atoms with E-state index in [1.165, 1.54) is 62.6 Å². The van der Waals surface area contributed by atoms with E-state index >= 15 is 0 Å². The lowest BCUT2D eigenvalue weighted by Gasteiger charge is -2.29. The van der Waals surface area contributed by atoms with Crippen molar-refractivity contribution in [3.63, 3.8) is 0 Å². The molecule has 1 aliphatic rings. The predicted molar refractivity (Wildman–Crippen MR) is 110 cm³/mol. The normalized spacial score (nSPS) is 20.2. The fourth-order valence-electron chi connectivity index (χ4n) is 4.31. The van der Waals surface area contributed by atoms with Crippen LogP contribution in [0.25, 0.3) is 11.1 Å². The molecule has 0 unspecified atom stereocenters. The molecular weight excluding hydrogens is 338 g/mol. The maximum Gasteiger partial charge on any atom is 0.123 e. The third kappa shape index (κ3) is 6.02. The lowest BCUT2D eigenvalue weighted by atomic mass is 9.77. The fraction of sp³-hybridized carbons (Fsp3) is 0.440. The molecular formula is C25H30F2. The van der Waals surface area contributed by atoms with Crippen LogP contribution in [0.2, 0.25) is 0 Å². The molecule has 0 aromatic heterocycles. The van der Waals surface area contributed by atoms with Crippen molar-refractivity contribution < 1.29 is 8.78 Å². The van der Waals surface area contributed by atoms with Crippen molar-refractivity contribution in [2.24, 2.45) is 5.92 Å². The second-order valence-electron chi connectivity index (χ2n) is 7.85. The van der Waals surface area contributed by atoms with Crippen LogP contribution in [0.5, 0.6) is 0 Å². The molecule has 2 aromatic carbocycles. The smallest absolute Gasteiger partial charge is 0.123 e. The molecule has 1 aliphatic carbocycles. The lowest BCUT2D eigenvalue weighted by Crippen LogP contribution is -2.13. The summed E-state index contributed by atoms with van der Waals surface area (Å²) in [5.74, 6) is 1.36. The Bertz CT molecular complexity index is 692. The molecule has 0 amide bonds. The quantitative estimate of drug-likeness (QED) is 0.412. The van der Waals surface area contributed by atoms with Crippen LogP contribution >= 0.6 is 0 Å². The van der Waals surface area contributed by atoms with Crippen LogP contribution in [0, 0.1) is 11.7 Å². The molecule has 0 saturated heterocycles. The zero-order chi connectivity index (χ0) is 18.9. The van der Waals surface area contributed by atoms with E-state index in [2.05, 4.69) is 24.3 Å². The van der Waals surface area contributed by atoms with Gasteiger partial charge in [-0.2, -0.15) is 0 Å². The molecule has 0 nitrogen and oxygen atoms in total. The monoisotopic (exact) mass is 368 g/mol. The summed E-state index contributed by atoms with van der Waals surface area (Å²) >= 11 is 0. The molecule has 0 aliphatic heterocycles. The average Bonchev–Trinajstić information content (AvgIpc) is 2.72. The molecule has 2 aromatic rings. The first-order valence-electron chi connectivity index (χ1n) is 10.4. The van der Waals surface area contributed by atoms with Gasteiger partial charge in [-0.25, -0.2) is 8.78 Å². The maximum absolute atomic E-state index is 13.1. The van der Waals surface area contributed by atoms with Crippen LogP contribution in [0.15, 0.2) is 60.9 Å². The Hall–Kier alpha value is -1.96. The minimum atomic E-state index is -0.191. The highest BCUT2D eigenvalue weighted by molar-refractivity contribution is 5.63. The van der Waals surface area contributed by atoms with Gasteiger partial charge in [0.15, 0.2) is 0 Å². The van der Waals surface area contributed by atoms with Crippen molar-refractivity contribution in [1.29, 1.82) is 0 Å². The Morgan fingerprint density at radius 2 is 1.41 bits per heavy atom. The Labute approximate surface area is 162 Å². The Balaban J connectivity index is 1.43. The maximum atomic E-state index is 13.1. The van der Waals surface area contributed by atoms with Crippen molar-refractivity contribution in [2.45, 2.75) is 63.7 Å². The minimum absolute atomic E-state index is 0.191. The number of hydrogen-bond donors (Lipinski definition) is 0. The Morgan fingerprint density at radius 3 is 2.04 bits per heavy atom. The van der Waals surface area contributed by atoms with Crippen LogP contribution in [0.1, 0.15) is 69.3 Å². The summed E-state index contributed by atoms with van der Waals surface area (Å²) in [6, 6.07) is 15.5. The molecule has 0 spiro atoms. The van der Waals surface area contributed by atoms with E-state index in [9.17, 15) is 8.78 Å². The van der Waals surface area contributed by atoms with Gasteiger partial charge in [-0.15, -0.1) is 0 Å². The molecule has 27 heavy (non-hydrogen) atoms. The van der Waals surface area contributed by atoms with Gasteiger partial charge in [0.25, 0.3) is 0 Å². The van der Waals surface area contributed by atoms with Gasteiger partial charge in [-0.3, -0.25) is 0 Å². The van der Waals surface area contributed by atoms with Gasteiger partial charge >= 0.3 is 0 Å². The van der Waals surface area contributed by atoms with Crippen molar-refractivity contribution in [3.8, 4) is 11.1 Å². The Morgan fingerprint density at radius 1 is 0.778 bits per heavy atom. The van der Waals surface area contributed by atoms with E-state index in [4.69, 9.17) is 0 Å². The zero-order valence-corrected chi connectivity index (χ0v) is 16.0. The van der Waals surface area contributed by atoms with Crippen LogP contribution < -0.4 is 0 Å². The number of allylic oxidation sites excluding steroid dienone is 1. The standard InChI is InChI=1S/C25H30F2/c26-19-5-3-1-2-4-6-20-7-9-21(10-8-20)22-11-13-23(14-12-22)24-15-17-25(27)18-16-24/h5,11-21H,1-4,6-10H2/b19-5+/t20-,21-. The SMILES string of the molecule is F/C=C/CCCCC[C@H]1CC[C@H](c2ccc(-c3ccc(F)cc3)cc2)CC1. The third-order valence-electron chi connectivity index (χ3n) is 5.98. The molecule has 144 valence electrons. The molecule has 1 fully saturated rings. The second-order valence-corrected chi connectivity index (χ2v) is 7.85. The second kappa shape index (κ2) is 10.4. The summed E-state index contributed by atoms with van der Waals surface area (Å²) in [5.41, 5.74) is 3.65. The average molecular weight is 369 g/mol. The highest BCUT2D eigenvalue weighted by Crippen LogP contribution is 2.38. The number of halogens is 2. The van der Waals surface area contributed by atoms with E-state index in [0.29, 0.717) is 12.2 Å². The number of rotatable bonds is 8. The van der Waals surface area contributed by atoms with Gasteiger partial charge in [0.05, 0.1) is 6.33 Å². The van der Waals surface area contributed by atoms with Crippen LogP contribution in [0.3, 0.4) is 0 Å². The first-order chi connectivity index (χ1) is 13.3. The zero-order valence-electron chi connectivity index (χ0n) is 16.0. The summed E-state index contributed by atoms with van der Waals surface area (Å²) in [7, 11) is 0. The van der Waals surface area contributed by atoms with Crippen molar-refractivity contribution in [1.82, 2.24) is 0 Å². The van der Waals surface area contributed by atoms with E-state index in [1.807, 2.05) is 12.1 Å². The minimum Gasteiger partial charge on any atom is -0.216 e.